The van der Waals surface area contributed by atoms with Crippen LogP contribution in [0.4, 0.5) is 0 Å². The Labute approximate surface area is 102 Å². The van der Waals surface area contributed by atoms with Gasteiger partial charge in [-0.1, -0.05) is 0 Å². The molecule has 0 saturated carbocycles. The first kappa shape index (κ1) is 12.3. The van der Waals surface area contributed by atoms with Crippen molar-refractivity contribution in [3.8, 4) is 0 Å². The van der Waals surface area contributed by atoms with Gasteiger partial charge in [0.1, 0.15) is 5.69 Å². The molecule has 0 radical (unpaired) electrons. The number of Topliss-reactive ketones (excluding diaryl/α,β-unsaturated/α-hetero) is 1. The summed E-state index contributed by atoms with van der Waals surface area (Å²) in [7, 11) is 1.87. The van der Waals surface area contributed by atoms with Crippen molar-refractivity contribution in [2.45, 2.75) is 45.3 Å². The van der Waals surface area contributed by atoms with Crippen LogP contribution in [0.2, 0.25) is 0 Å². The summed E-state index contributed by atoms with van der Waals surface area (Å²) in [4.78, 5) is 16.5. The summed E-state index contributed by atoms with van der Waals surface area (Å²) < 4.78 is 7.74. The summed E-state index contributed by atoms with van der Waals surface area (Å²) >= 11 is 0. The van der Waals surface area contributed by atoms with Crippen molar-refractivity contribution < 1.29 is 9.53 Å². The first-order chi connectivity index (χ1) is 7.71. The number of ether oxygens (including phenoxy) is 1. The Balaban J connectivity index is 2.26. The highest BCUT2D eigenvalue weighted by Gasteiger charge is 2.49. The fourth-order valence-electron chi connectivity index (χ4n) is 2.69. The van der Waals surface area contributed by atoms with Gasteiger partial charge >= 0.3 is 0 Å². The maximum Gasteiger partial charge on any atom is 0.188 e. The van der Waals surface area contributed by atoms with E-state index in [0.29, 0.717) is 5.69 Å². The van der Waals surface area contributed by atoms with Crippen LogP contribution in [0.15, 0.2) is 12.5 Å². The molecule has 2 heterocycles. The van der Waals surface area contributed by atoms with E-state index >= 15 is 0 Å². The summed E-state index contributed by atoms with van der Waals surface area (Å²) in [5, 5.41) is 0. The Morgan fingerprint density at radius 2 is 2.12 bits per heavy atom. The molecule has 0 aliphatic carbocycles. The number of aromatic nitrogens is 2. The number of imidazole rings is 1. The first-order valence-electron chi connectivity index (χ1n) is 5.94. The van der Waals surface area contributed by atoms with Crippen molar-refractivity contribution in [2.24, 2.45) is 13.0 Å². The molecule has 1 unspecified atom stereocenters. The predicted molar refractivity (Wildman–Crippen MR) is 64.9 cm³/mol. The first-order valence-corrected chi connectivity index (χ1v) is 5.94. The lowest BCUT2D eigenvalue weighted by molar-refractivity contribution is -0.0712. The second-order valence-corrected chi connectivity index (χ2v) is 6.01. The molecule has 17 heavy (non-hydrogen) atoms. The Morgan fingerprint density at radius 3 is 2.53 bits per heavy atom. The van der Waals surface area contributed by atoms with E-state index in [0.717, 1.165) is 6.42 Å². The van der Waals surface area contributed by atoms with Gasteiger partial charge < -0.3 is 9.30 Å². The minimum atomic E-state index is -0.419. The van der Waals surface area contributed by atoms with Crippen LogP contribution in [0.25, 0.3) is 0 Å². The maximum atomic E-state index is 12.4. The highest BCUT2D eigenvalue weighted by atomic mass is 16.5. The van der Waals surface area contributed by atoms with Crippen molar-refractivity contribution in [3.63, 3.8) is 0 Å². The van der Waals surface area contributed by atoms with Crippen LogP contribution in [-0.4, -0.2) is 26.5 Å². The molecular weight excluding hydrogens is 216 g/mol. The number of carbonyl (C=O) groups excluding carboxylic acids is 1. The van der Waals surface area contributed by atoms with Gasteiger partial charge in [0.05, 0.1) is 23.4 Å². The smallest absolute Gasteiger partial charge is 0.188 e. The molecule has 1 aliphatic heterocycles. The highest BCUT2D eigenvalue weighted by Crippen LogP contribution is 2.43. The zero-order chi connectivity index (χ0) is 12.8. The van der Waals surface area contributed by atoms with Crippen LogP contribution in [0.5, 0.6) is 0 Å². The van der Waals surface area contributed by atoms with E-state index in [1.54, 1.807) is 17.1 Å². The number of ketones is 1. The predicted octanol–water partition coefficient (Wildman–Crippen LogP) is 2.20. The van der Waals surface area contributed by atoms with Gasteiger partial charge in [-0.3, -0.25) is 4.79 Å². The summed E-state index contributed by atoms with van der Waals surface area (Å²) in [6.07, 6.45) is 4.17. The number of carbonyl (C=O) groups is 1. The Morgan fingerprint density at radius 1 is 1.47 bits per heavy atom. The summed E-state index contributed by atoms with van der Waals surface area (Å²) in [6.45, 7) is 8.02. The molecule has 1 saturated heterocycles. The third kappa shape index (κ3) is 2.27. The molecule has 1 aromatic rings. The van der Waals surface area contributed by atoms with E-state index in [4.69, 9.17) is 4.74 Å². The van der Waals surface area contributed by atoms with Gasteiger partial charge in [-0.15, -0.1) is 0 Å². The molecule has 94 valence electrons. The van der Waals surface area contributed by atoms with Crippen molar-refractivity contribution >= 4 is 5.78 Å². The van der Waals surface area contributed by atoms with Gasteiger partial charge in [0.25, 0.3) is 0 Å². The van der Waals surface area contributed by atoms with Gasteiger partial charge in [-0.05, 0) is 34.1 Å². The Hall–Kier alpha value is -1.16. The van der Waals surface area contributed by atoms with E-state index in [1.165, 1.54) is 0 Å². The molecule has 1 atom stereocenters. The molecule has 1 aromatic heterocycles. The number of aryl methyl sites for hydroxylation is 1. The molecular formula is C13H20N2O2. The number of nitrogens with zero attached hydrogens (tertiary/aromatic N) is 2. The quantitative estimate of drug-likeness (QED) is 0.739. The second-order valence-electron chi connectivity index (χ2n) is 6.01. The third-order valence-electron chi connectivity index (χ3n) is 3.35. The number of hydrogen-bond donors (Lipinski definition) is 0. The monoisotopic (exact) mass is 236 g/mol. The largest absolute Gasteiger partial charge is 0.369 e. The molecule has 1 aliphatic rings. The van der Waals surface area contributed by atoms with E-state index in [-0.39, 0.29) is 17.3 Å². The highest BCUT2D eigenvalue weighted by molar-refractivity contribution is 5.97. The van der Waals surface area contributed by atoms with Crippen molar-refractivity contribution in [2.75, 3.05) is 0 Å². The third-order valence-corrected chi connectivity index (χ3v) is 3.35. The zero-order valence-electron chi connectivity index (χ0n) is 11.2. The van der Waals surface area contributed by atoms with Crippen molar-refractivity contribution in [3.05, 3.63) is 18.2 Å². The van der Waals surface area contributed by atoms with Crippen LogP contribution in [0.1, 0.15) is 44.6 Å². The SMILES string of the molecule is Cn1cnc(C(=O)C2CC(C)(C)OC2(C)C)c1. The normalized spacial score (nSPS) is 26.1. The van der Waals surface area contributed by atoms with Crippen LogP contribution in [-0.2, 0) is 11.8 Å². The molecule has 4 nitrogen and oxygen atoms in total. The van der Waals surface area contributed by atoms with Crippen LogP contribution in [0.3, 0.4) is 0 Å². The lowest BCUT2D eigenvalue weighted by atomic mass is 9.83. The van der Waals surface area contributed by atoms with E-state index in [9.17, 15) is 4.79 Å². The summed E-state index contributed by atoms with van der Waals surface area (Å²) in [5.41, 5.74) is -0.122. The molecule has 0 amide bonds. The van der Waals surface area contributed by atoms with E-state index < -0.39 is 5.60 Å². The fraction of sp³-hybridized carbons (Fsp3) is 0.692. The molecule has 2 rings (SSSR count). The Bertz CT molecular complexity index is 446. The average molecular weight is 236 g/mol. The molecule has 1 fully saturated rings. The van der Waals surface area contributed by atoms with Gasteiger partial charge in [-0.25, -0.2) is 4.98 Å². The van der Waals surface area contributed by atoms with Crippen molar-refractivity contribution in [1.29, 1.82) is 0 Å². The Kier molecular flexibility index (Phi) is 2.65. The second kappa shape index (κ2) is 3.67. The van der Waals surface area contributed by atoms with Gasteiger partial charge in [0.2, 0.25) is 0 Å². The molecule has 0 N–H and O–H groups in total. The lowest BCUT2D eigenvalue weighted by Crippen LogP contribution is -2.34. The molecule has 4 heteroatoms. The summed E-state index contributed by atoms with van der Waals surface area (Å²) in [6, 6.07) is 0. The standard InChI is InChI=1S/C13H20N2O2/c1-12(2)6-9(13(3,4)17-12)11(16)10-7-15(5)8-14-10/h7-9H,6H2,1-5H3. The van der Waals surface area contributed by atoms with Gasteiger partial charge in [-0.2, -0.15) is 0 Å². The minimum Gasteiger partial charge on any atom is -0.369 e. The number of hydrogen-bond acceptors (Lipinski definition) is 3. The summed E-state index contributed by atoms with van der Waals surface area (Å²) in [5.74, 6) is -0.0337. The van der Waals surface area contributed by atoms with Crippen LogP contribution >= 0.6 is 0 Å². The zero-order valence-corrected chi connectivity index (χ0v) is 11.2. The molecule has 0 spiro atoms. The van der Waals surface area contributed by atoms with Gasteiger partial charge in [0.15, 0.2) is 5.78 Å². The molecule has 0 aromatic carbocycles. The maximum absolute atomic E-state index is 12.4. The van der Waals surface area contributed by atoms with Gasteiger partial charge in [0, 0.05) is 13.2 Å². The van der Waals surface area contributed by atoms with Crippen LogP contribution < -0.4 is 0 Å². The molecule has 0 bridgehead atoms. The lowest BCUT2D eigenvalue weighted by Gasteiger charge is -2.26. The van der Waals surface area contributed by atoms with Crippen molar-refractivity contribution in [1.82, 2.24) is 9.55 Å². The average Bonchev–Trinajstić information content (AvgIpc) is 2.66. The minimum absolute atomic E-state index is 0.0844. The van der Waals surface area contributed by atoms with Crippen LogP contribution in [0, 0.1) is 5.92 Å². The topological polar surface area (TPSA) is 44.1 Å². The van der Waals surface area contributed by atoms with E-state index in [1.807, 2.05) is 34.7 Å². The van der Waals surface area contributed by atoms with E-state index in [2.05, 4.69) is 4.98 Å². The number of rotatable bonds is 2. The fourth-order valence-corrected chi connectivity index (χ4v) is 2.69.